The molecule has 0 spiro atoms. The number of anilines is 1. The Bertz CT molecular complexity index is 1180. The van der Waals surface area contributed by atoms with E-state index in [1.807, 2.05) is 0 Å². The van der Waals surface area contributed by atoms with Crippen LogP contribution in [0, 0.1) is 5.92 Å². The fourth-order valence-corrected chi connectivity index (χ4v) is 4.37. The summed E-state index contributed by atoms with van der Waals surface area (Å²) in [5, 5.41) is 24.4. The number of Topliss-reactive ketones (excluding diaryl/α,β-unsaturated/α-hetero) is 1. The Morgan fingerprint density at radius 3 is 2.35 bits per heavy atom. The maximum Gasteiger partial charge on any atom is 0.241 e. The number of carbonyl (C=O) groups excluding carboxylic acids is 4. The Hall–Kier alpha value is -3.52. The fourth-order valence-electron chi connectivity index (χ4n) is 4.37. The lowest BCUT2D eigenvalue weighted by Crippen LogP contribution is -2.34. The van der Waals surface area contributed by atoms with E-state index in [0.29, 0.717) is 24.0 Å². The van der Waals surface area contributed by atoms with Crippen LogP contribution in [0.3, 0.4) is 0 Å². The van der Waals surface area contributed by atoms with Crippen molar-refractivity contribution in [1.29, 1.82) is 0 Å². The third kappa shape index (κ3) is 3.11. The highest BCUT2D eigenvalue weighted by Gasteiger charge is 2.40. The van der Waals surface area contributed by atoms with E-state index in [1.165, 1.54) is 32.0 Å². The molecule has 31 heavy (non-hydrogen) atoms. The van der Waals surface area contributed by atoms with E-state index in [9.17, 15) is 29.4 Å². The maximum atomic E-state index is 13.4. The molecule has 1 amide bonds. The fraction of sp³-hybridized carbons (Fsp3) is 0.304. The van der Waals surface area contributed by atoms with Crippen molar-refractivity contribution in [2.24, 2.45) is 11.7 Å². The summed E-state index contributed by atoms with van der Waals surface area (Å²) in [6.45, 7) is 2.95. The first-order valence-corrected chi connectivity index (χ1v) is 10.0. The number of phenolic OH excluding ortho intramolecular Hbond substituents is 2. The van der Waals surface area contributed by atoms with Crippen molar-refractivity contribution in [3.05, 3.63) is 51.6 Å². The number of nitrogens with two attached hydrogens (primary N) is 1. The molecule has 2 aliphatic carbocycles. The first kappa shape index (κ1) is 20.7. The Morgan fingerprint density at radius 2 is 1.71 bits per heavy atom. The normalized spacial score (nSPS) is 18.0. The first-order chi connectivity index (χ1) is 14.6. The summed E-state index contributed by atoms with van der Waals surface area (Å²) in [7, 11) is 0. The molecule has 0 heterocycles. The van der Waals surface area contributed by atoms with Gasteiger partial charge in [-0.3, -0.25) is 19.2 Å². The lowest BCUT2D eigenvalue weighted by molar-refractivity contribution is -0.121. The number of benzene rings is 2. The minimum absolute atomic E-state index is 0.00792. The molecule has 8 heteroatoms. The Morgan fingerprint density at radius 1 is 1.06 bits per heavy atom. The van der Waals surface area contributed by atoms with E-state index in [1.54, 1.807) is 0 Å². The van der Waals surface area contributed by atoms with Crippen molar-refractivity contribution in [2.45, 2.75) is 39.2 Å². The zero-order valence-electron chi connectivity index (χ0n) is 17.1. The number of fused-ring (bicyclic) bond motifs is 3. The second kappa shape index (κ2) is 7.31. The van der Waals surface area contributed by atoms with Gasteiger partial charge in [0.1, 0.15) is 17.3 Å². The third-order valence-electron chi connectivity index (χ3n) is 6.09. The molecule has 2 atom stereocenters. The molecule has 2 aromatic rings. The molecule has 0 bridgehead atoms. The van der Waals surface area contributed by atoms with Crippen LogP contribution in [0.1, 0.15) is 63.2 Å². The summed E-state index contributed by atoms with van der Waals surface area (Å²) in [5.41, 5.74) is 5.80. The largest absolute Gasteiger partial charge is 0.507 e. The monoisotopic (exact) mass is 422 g/mol. The van der Waals surface area contributed by atoms with E-state index >= 15 is 0 Å². The highest BCUT2D eigenvalue weighted by molar-refractivity contribution is 6.32. The van der Waals surface area contributed by atoms with E-state index in [4.69, 9.17) is 5.73 Å². The summed E-state index contributed by atoms with van der Waals surface area (Å²) in [6, 6.07) is 3.57. The molecule has 0 saturated heterocycles. The van der Waals surface area contributed by atoms with Crippen LogP contribution in [-0.2, 0) is 22.4 Å². The number of amides is 1. The predicted octanol–water partition coefficient (Wildman–Crippen LogP) is 1.85. The quantitative estimate of drug-likeness (QED) is 0.471. The minimum Gasteiger partial charge on any atom is -0.507 e. The molecule has 0 fully saturated rings. The van der Waals surface area contributed by atoms with Gasteiger partial charge in [0, 0.05) is 22.6 Å². The molecule has 5 N–H and O–H groups in total. The lowest BCUT2D eigenvalue weighted by Gasteiger charge is -2.29. The van der Waals surface area contributed by atoms with Crippen molar-refractivity contribution < 1.29 is 29.4 Å². The molecule has 0 aliphatic heterocycles. The van der Waals surface area contributed by atoms with Gasteiger partial charge in [0.25, 0.3) is 0 Å². The second-order valence-corrected chi connectivity index (χ2v) is 8.12. The summed E-state index contributed by atoms with van der Waals surface area (Å²) < 4.78 is 0. The van der Waals surface area contributed by atoms with Crippen LogP contribution >= 0.6 is 0 Å². The highest BCUT2D eigenvalue weighted by atomic mass is 16.3. The molecular formula is C23H22N2O6. The van der Waals surface area contributed by atoms with E-state index in [2.05, 4.69) is 5.32 Å². The second-order valence-electron chi connectivity index (χ2n) is 8.12. The SMILES string of the molecule is CC(=O)C1CCc2c(O)c3c(c(O)c2C1)C(=O)c1cccc(NC(=O)[C@H](C)N)c1C3=O. The van der Waals surface area contributed by atoms with E-state index < -0.39 is 23.5 Å². The predicted molar refractivity (Wildman–Crippen MR) is 112 cm³/mol. The molecule has 1 unspecified atom stereocenters. The molecule has 0 radical (unpaired) electrons. The van der Waals surface area contributed by atoms with Gasteiger partial charge in [0.2, 0.25) is 5.91 Å². The number of phenols is 2. The number of carbonyl (C=O) groups is 4. The Kier molecular flexibility index (Phi) is 4.89. The average molecular weight is 422 g/mol. The molecule has 160 valence electrons. The van der Waals surface area contributed by atoms with Crippen molar-refractivity contribution >= 4 is 28.9 Å². The third-order valence-corrected chi connectivity index (χ3v) is 6.09. The number of hydrogen-bond donors (Lipinski definition) is 4. The number of ketones is 3. The van der Waals surface area contributed by atoms with Gasteiger partial charge in [0.15, 0.2) is 11.6 Å². The van der Waals surface area contributed by atoms with Crippen LogP contribution in [0.5, 0.6) is 11.5 Å². The topological polar surface area (TPSA) is 147 Å². The van der Waals surface area contributed by atoms with Crippen LogP contribution < -0.4 is 11.1 Å². The van der Waals surface area contributed by atoms with Crippen molar-refractivity contribution in [1.82, 2.24) is 0 Å². The van der Waals surface area contributed by atoms with Crippen molar-refractivity contribution in [2.75, 3.05) is 5.32 Å². The molecule has 4 rings (SSSR count). The van der Waals surface area contributed by atoms with Gasteiger partial charge in [-0.2, -0.15) is 0 Å². The molecule has 8 nitrogen and oxygen atoms in total. The molecule has 0 aromatic heterocycles. The van der Waals surface area contributed by atoms with Crippen LogP contribution in [-0.4, -0.2) is 39.5 Å². The zero-order chi connectivity index (χ0) is 22.6. The van der Waals surface area contributed by atoms with Crippen LogP contribution in [0.2, 0.25) is 0 Å². The summed E-state index contributed by atoms with van der Waals surface area (Å²) in [5.74, 6) is -2.93. The summed E-state index contributed by atoms with van der Waals surface area (Å²) in [6.07, 6.45) is 0.961. The standard InChI is InChI=1S/C23H22N2O6/c1-9(24)23(31)25-15-5-3-4-13-16(15)22(30)18-17(20(13)28)21(29)14-8-11(10(2)26)6-7-12(14)19(18)27/h3-5,9,11,27,29H,6-8,24H2,1-2H3,(H,25,31)/t9-,11?/m0/s1. The highest BCUT2D eigenvalue weighted by Crippen LogP contribution is 2.47. The summed E-state index contributed by atoms with van der Waals surface area (Å²) in [4.78, 5) is 50.6. The van der Waals surface area contributed by atoms with Gasteiger partial charge >= 0.3 is 0 Å². The lowest BCUT2D eigenvalue weighted by atomic mass is 9.75. The zero-order valence-corrected chi connectivity index (χ0v) is 17.1. The maximum absolute atomic E-state index is 13.4. The Labute approximate surface area is 178 Å². The van der Waals surface area contributed by atoms with Crippen molar-refractivity contribution in [3.63, 3.8) is 0 Å². The van der Waals surface area contributed by atoms with E-state index in [0.717, 1.165) is 0 Å². The van der Waals surface area contributed by atoms with Crippen LogP contribution in [0.25, 0.3) is 0 Å². The molecular weight excluding hydrogens is 400 g/mol. The average Bonchev–Trinajstić information content (AvgIpc) is 2.73. The molecule has 2 aromatic carbocycles. The Balaban J connectivity index is 1.91. The van der Waals surface area contributed by atoms with Gasteiger partial charge in [-0.15, -0.1) is 0 Å². The molecule has 0 saturated carbocycles. The number of aromatic hydroxyl groups is 2. The van der Waals surface area contributed by atoms with Crippen LogP contribution in [0.4, 0.5) is 5.69 Å². The van der Waals surface area contributed by atoms with Crippen molar-refractivity contribution in [3.8, 4) is 11.5 Å². The number of rotatable bonds is 3. The van der Waals surface area contributed by atoms with Gasteiger partial charge in [-0.05, 0) is 39.2 Å². The smallest absolute Gasteiger partial charge is 0.241 e. The molecule has 2 aliphatic rings. The number of nitrogens with one attached hydrogen (secondary N) is 1. The van der Waals surface area contributed by atoms with Crippen LogP contribution in [0.15, 0.2) is 18.2 Å². The van der Waals surface area contributed by atoms with Gasteiger partial charge in [0.05, 0.1) is 28.4 Å². The summed E-state index contributed by atoms with van der Waals surface area (Å²) >= 11 is 0. The van der Waals surface area contributed by atoms with Gasteiger partial charge < -0.3 is 21.3 Å². The number of hydrogen-bond acceptors (Lipinski definition) is 7. The minimum atomic E-state index is -0.837. The van der Waals surface area contributed by atoms with Gasteiger partial charge in [-0.25, -0.2) is 0 Å². The van der Waals surface area contributed by atoms with E-state index in [-0.39, 0.29) is 57.6 Å². The van der Waals surface area contributed by atoms with Gasteiger partial charge in [-0.1, -0.05) is 12.1 Å². The first-order valence-electron chi connectivity index (χ1n) is 10.0.